The zero-order valence-electron chi connectivity index (χ0n) is 15.5. The number of amides is 1. The molecule has 1 aliphatic rings. The summed E-state index contributed by atoms with van der Waals surface area (Å²) >= 11 is 0. The van der Waals surface area contributed by atoms with E-state index in [-0.39, 0.29) is 22.5 Å². The van der Waals surface area contributed by atoms with Gasteiger partial charge in [-0.15, -0.1) is 0 Å². The van der Waals surface area contributed by atoms with Gasteiger partial charge in [0.25, 0.3) is 23.1 Å². The SMILES string of the molecule is O=C(O)CN1C(=O)C(=O)/C(=C(/O)c2ccc([N+](=O)[O-])cc2)C1c1cccc([N+](=O)[O-])c1. The van der Waals surface area contributed by atoms with Gasteiger partial charge in [0.15, 0.2) is 0 Å². The van der Waals surface area contributed by atoms with E-state index in [9.17, 15) is 39.7 Å². The molecule has 1 unspecified atom stereocenters. The predicted molar refractivity (Wildman–Crippen MR) is 103 cm³/mol. The van der Waals surface area contributed by atoms with Gasteiger partial charge in [0.2, 0.25) is 0 Å². The number of non-ortho nitro benzene ring substituents is 2. The number of rotatable bonds is 6. The van der Waals surface area contributed by atoms with Gasteiger partial charge in [0.05, 0.1) is 21.5 Å². The number of carbonyl (C=O) groups is 3. The monoisotopic (exact) mass is 427 g/mol. The normalized spacial score (nSPS) is 17.5. The van der Waals surface area contributed by atoms with Crippen molar-refractivity contribution in [3.8, 4) is 0 Å². The highest BCUT2D eigenvalue weighted by Gasteiger charge is 2.47. The molecule has 0 aliphatic carbocycles. The second-order valence-electron chi connectivity index (χ2n) is 6.48. The molecule has 0 saturated carbocycles. The number of benzene rings is 2. The fraction of sp³-hybridized carbons (Fsp3) is 0.105. The van der Waals surface area contributed by atoms with Crippen molar-refractivity contribution in [2.75, 3.05) is 6.54 Å². The lowest BCUT2D eigenvalue weighted by atomic mass is 9.95. The zero-order chi connectivity index (χ0) is 22.9. The topological polar surface area (TPSA) is 181 Å². The lowest BCUT2D eigenvalue weighted by molar-refractivity contribution is -0.385. The van der Waals surface area contributed by atoms with E-state index in [1.807, 2.05) is 0 Å². The molecule has 2 aromatic carbocycles. The van der Waals surface area contributed by atoms with Crippen LogP contribution in [0.5, 0.6) is 0 Å². The number of aliphatic hydroxyl groups excluding tert-OH is 1. The van der Waals surface area contributed by atoms with Gasteiger partial charge in [-0.3, -0.25) is 34.6 Å². The van der Waals surface area contributed by atoms with E-state index in [0.717, 1.165) is 30.3 Å². The van der Waals surface area contributed by atoms with Crippen molar-refractivity contribution in [3.63, 3.8) is 0 Å². The van der Waals surface area contributed by atoms with Crippen LogP contribution in [0.2, 0.25) is 0 Å². The standard InChI is InChI=1S/C19H13N3O9/c23-14(24)9-20-16(11-2-1-3-13(8-11)22(30)31)15(18(26)19(20)27)17(25)10-4-6-12(7-5-10)21(28)29/h1-8,16,25H,9H2,(H,23,24)/b17-15+. The Hall–Kier alpha value is -4.61. The van der Waals surface area contributed by atoms with E-state index in [1.165, 1.54) is 18.2 Å². The lowest BCUT2D eigenvalue weighted by Crippen LogP contribution is -2.34. The molecule has 2 N–H and O–H groups in total. The summed E-state index contributed by atoms with van der Waals surface area (Å²) in [6.45, 7) is -0.894. The van der Waals surface area contributed by atoms with Gasteiger partial charge in [-0.2, -0.15) is 0 Å². The molecule has 31 heavy (non-hydrogen) atoms. The molecule has 1 heterocycles. The highest BCUT2D eigenvalue weighted by atomic mass is 16.6. The highest BCUT2D eigenvalue weighted by Crippen LogP contribution is 2.40. The van der Waals surface area contributed by atoms with Crippen LogP contribution in [0.1, 0.15) is 17.2 Å². The molecule has 1 aliphatic heterocycles. The first-order chi connectivity index (χ1) is 14.6. The van der Waals surface area contributed by atoms with Gasteiger partial charge in [0.1, 0.15) is 12.3 Å². The number of carboxylic acids is 1. The van der Waals surface area contributed by atoms with Crippen molar-refractivity contribution >= 4 is 34.8 Å². The number of carbonyl (C=O) groups excluding carboxylic acids is 2. The average molecular weight is 427 g/mol. The first-order valence-electron chi connectivity index (χ1n) is 8.61. The Bertz CT molecular complexity index is 1150. The summed E-state index contributed by atoms with van der Waals surface area (Å²) in [5, 5.41) is 41.8. The predicted octanol–water partition coefficient (Wildman–Crippen LogP) is 2.01. The van der Waals surface area contributed by atoms with Crippen LogP contribution in [0.4, 0.5) is 11.4 Å². The van der Waals surface area contributed by atoms with Crippen molar-refractivity contribution in [1.82, 2.24) is 4.90 Å². The number of aliphatic hydroxyl groups is 1. The van der Waals surface area contributed by atoms with Crippen molar-refractivity contribution in [2.45, 2.75) is 6.04 Å². The Morgan fingerprint density at radius 1 is 0.968 bits per heavy atom. The molecule has 1 amide bonds. The molecule has 1 fully saturated rings. The Kier molecular flexibility index (Phi) is 5.46. The van der Waals surface area contributed by atoms with Gasteiger partial charge in [-0.05, 0) is 17.7 Å². The summed E-state index contributed by atoms with van der Waals surface area (Å²) in [7, 11) is 0. The van der Waals surface area contributed by atoms with E-state index in [2.05, 4.69) is 0 Å². The number of Topliss-reactive ketones (excluding diaryl/α,β-unsaturated/α-hetero) is 1. The number of nitro groups is 2. The van der Waals surface area contributed by atoms with Crippen LogP contribution in [-0.4, -0.2) is 49.2 Å². The Labute approximate surface area is 172 Å². The van der Waals surface area contributed by atoms with Crippen LogP contribution in [0.3, 0.4) is 0 Å². The van der Waals surface area contributed by atoms with Crippen LogP contribution in [-0.2, 0) is 14.4 Å². The zero-order valence-corrected chi connectivity index (χ0v) is 15.5. The molecule has 12 heteroatoms. The largest absolute Gasteiger partial charge is 0.507 e. The van der Waals surface area contributed by atoms with Crippen LogP contribution in [0.25, 0.3) is 5.76 Å². The van der Waals surface area contributed by atoms with E-state index < -0.39 is 51.4 Å². The molecule has 3 rings (SSSR count). The molecule has 0 spiro atoms. The number of nitro benzene ring substituents is 2. The van der Waals surface area contributed by atoms with E-state index >= 15 is 0 Å². The third kappa shape index (κ3) is 3.94. The van der Waals surface area contributed by atoms with Crippen LogP contribution < -0.4 is 0 Å². The molecule has 0 aromatic heterocycles. The second kappa shape index (κ2) is 8.02. The third-order valence-corrected chi connectivity index (χ3v) is 4.59. The van der Waals surface area contributed by atoms with Crippen LogP contribution in [0, 0.1) is 20.2 Å². The summed E-state index contributed by atoms with van der Waals surface area (Å²) in [6.07, 6.45) is 0. The van der Waals surface area contributed by atoms with Gasteiger partial charge >= 0.3 is 5.97 Å². The molecule has 12 nitrogen and oxygen atoms in total. The van der Waals surface area contributed by atoms with Gasteiger partial charge in [-0.1, -0.05) is 12.1 Å². The summed E-state index contributed by atoms with van der Waals surface area (Å²) in [6, 6.07) is 7.92. The number of hydrogen-bond donors (Lipinski definition) is 2. The summed E-state index contributed by atoms with van der Waals surface area (Å²) in [4.78, 5) is 57.6. The molecular formula is C19H13N3O9. The number of ketones is 1. The minimum absolute atomic E-state index is 0.0330. The van der Waals surface area contributed by atoms with Crippen molar-refractivity contribution in [2.24, 2.45) is 0 Å². The number of hydrogen-bond acceptors (Lipinski definition) is 8. The van der Waals surface area contributed by atoms with Crippen LogP contribution >= 0.6 is 0 Å². The molecule has 0 bridgehead atoms. The first-order valence-corrected chi connectivity index (χ1v) is 8.61. The summed E-state index contributed by atoms with van der Waals surface area (Å²) in [5.41, 5.74) is -1.13. The molecule has 1 saturated heterocycles. The number of likely N-dealkylation sites (tertiary alicyclic amines) is 1. The fourth-order valence-electron chi connectivity index (χ4n) is 3.24. The third-order valence-electron chi connectivity index (χ3n) is 4.59. The average Bonchev–Trinajstić information content (AvgIpc) is 2.97. The smallest absolute Gasteiger partial charge is 0.323 e. The maximum absolute atomic E-state index is 12.6. The van der Waals surface area contributed by atoms with Gasteiger partial charge in [-0.25, -0.2) is 0 Å². The van der Waals surface area contributed by atoms with E-state index in [1.54, 1.807) is 0 Å². The quantitative estimate of drug-likeness (QED) is 0.229. The Balaban J connectivity index is 2.20. The molecule has 1 atom stereocenters. The number of nitrogens with zero attached hydrogens (tertiary/aromatic N) is 3. The second-order valence-corrected chi connectivity index (χ2v) is 6.48. The minimum Gasteiger partial charge on any atom is -0.507 e. The van der Waals surface area contributed by atoms with Crippen LogP contribution in [0.15, 0.2) is 54.1 Å². The van der Waals surface area contributed by atoms with E-state index in [0.29, 0.717) is 4.90 Å². The number of carboxylic acid groups (broad SMARTS) is 1. The molecule has 158 valence electrons. The lowest BCUT2D eigenvalue weighted by Gasteiger charge is -2.23. The van der Waals surface area contributed by atoms with E-state index in [4.69, 9.17) is 5.11 Å². The molecule has 2 aromatic rings. The minimum atomic E-state index is -1.44. The van der Waals surface area contributed by atoms with Gasteiger partial charge in [0, 0.05) is 29.8 Å². The summed E-state index contributed by atoms with van der Waals surface area (Å²) < 4.78 is 0. The maximum atomic E-state index is 12.6. The highest BCUT2D eigenvalue weighted by molar-refractivity contribution is 6.46. The molecular weight excluding hydrogens is 414 g/mol. The van der Waals surface area contributed by atoms with Crippen molar-refractivity contribution in [3.05, 3.63) is 85.5 Å². The molecule has 0 radical (unpaired) electrons. The van der Waals surface area contributed by atoms with Crippen molar-refractivity contribution < 1.29 is 34.4 Å². The Morgan fingerprint density at radius 2 is 1.58 bits per heavy atom. The van der Waals surface area contributed by atoms with Crippen molar-refractivity contribution in [1.29, 1.82) is 0 Å². The maximum Gasteiger partial charge on any atom is 0.323 e. The Morgan fingerprint density at radius 3 is 2.13 bits per heavy atom. The fourth-order valence-corrected chi connectivity index (χ4v) is 3.24. The van der Waals surface area contributed by atoms with Gasteiger partial charge < -0.3 is 15.1 Å². The summed E-state index contributed by atoms with van der Waals surface area (Å²) in [5.74, 6) is -4.53. The number of aliphatic carboxylic acids is 1. The first kappa shape index (κ1) is 21.1.